The number of hydrogen-bond donors (Lipinski definition) is 0. The van der Waals surface area contributed by atoms with Crippen LogP contribution in [0.2, 0.25) is 0 Å². The Bertz CT molecular complexity index is 529. The van der Waals surface area contributed by atoms with Gasteiger partial charge in [-0.15, -0.1) is 0 Å². The highest BCUT2D eigenvalue weighted by molar-refractivity contribution is 5.43. The van der Waals surface area contributed by atoms with Crippen LogP contribution in [-0.4, -0.2) is 14.6 Å². The van der Waals surface area contributed by atoms with E-state index in [0.29, 0.717) is 0 Å². The third-order valence-corrected chi connectivity index (χ3v) is 2.09. The summed E-state index contributed by atoms with van der Waals surface area (Å²) in [5, 5.41) is 4.37. The number of fused-ring (bicyclic) bond motifs is 1. The molecule has 0 aromatic carbocycles. The molecule has 3 heteroatoms. The maximum atomic E-state index is 4.37. The molecule has 76 valence electrons. The molecule has 0 aliphatic heterocycles. The second kappa shape index (κ2) is 4.14. The van der Waals surface area contributed by atoms with Gasteiger partial charge in [-0.25, -0.2) is 9.50 Å². The summed E-state index contributed by atoms with van der Waals surface area (Å²) in [6.07, 6.45) is 3.76. The van der Waals surface area contributed by atoms with Crippen LogP contribution in [0.5, 0.6) is 0 Å². The normalized spacial score (nSPS) is 10.0. The summed E-state index contributed by atoms with van der Waals surface area (Å²) in [6, 6.07) is 3.90. The molecule has 0 saturated carbocycles. The maximum Gasteiger partial charge on any atom is 0.154 e. The van der Waals surface area contributed by atoms with Gasteiger partial charge in [0.1, 0.15) is 5.69 Å². The van der Waals surface area contributed by atoms with Gasteiger partial charge in [-0.2, -0.15) is 5.10 Å². The largest absolute Gasteiger partial charge is 0.234 e. The van der Waals surface area contributed by atoms with Crippen LogP contribution in [0.15, 0.2) is 18.3 Å². The van der Waals surface area contributed by atoms with Crippen molar-refractivity contribution in [2.24, 2.45) is 0 Å². The van der Waals surface area contributed by atoms with Gasteiger partial charge in [0.25, 0.3) is 0 Å². The molecule has 2 aromatic heterocycles. The van der Waals surface area contributed by atoms with Gasteiger partial charge in [0.05, 0.1) is 11.9 Å². The molecule has 0 aliphatic carbocycles. The molecule has 2 rings (SSSR count). The Balaban J connectivity index is 2.45. The molecular weight excluding hydrogens is 186 g/mol. The Morgan fingerprint density at radius 1 is 1.40 bits per heavy atom. The topological polar surface area (TPSA) is 30.2 Å². The number of aromatic nitrogens is 3. The van der Waals surface area contributed by atoms with Crippen molar-refractivity contribution in [3.63, 3.8) is 0 Å². The summed E-state index contributed by atoms with van der Waals surface area (Å²) >= 11 is 0. The molecule has 0 amide bonds. The van der Waals surface area contributed by atoms with Crippen LogP contribution in [0.25, 0.3) is 5.65 Å². The summed E-state index contributed by atoms with van der Waals surface area (Å²) in [5.74, 6) is 6.18. The highest BCUT2D eigenvalue weighted by Crippen LogP contribution is 2.04. The van der Waals surface area contributed by atoms with E-state index < -0.39 is 0 Å². The third-order valence-electron chi connectivity index (χ3n) is 2.09. The SMILES string of the molecule is CCCC#Cc1cnc2ccc(C)nn12. The fourth-order valence-corrected chi connectivity index (χ4v) is 1.33. The molecule has 0 radical (unpaired) electrons. The van der Waals surface area contributed by atoms with Crippen LogP contribution in [-0.2, 0) is 0 Å². The smallest absolute Gasteiger partial charge is 0.154 e. The highest BCUT2D eigenvalue weighted by Gasteiger charge is 2.00. The predicted octanol–water partition coefficient (Wildman–Crippen LogP) is 2.19. The first-order chi connectivity index (χ1) is 7.31. The van der Waals surface area contributed by atoms with E-state index >= 15 is 0 Å². The van der Waals surface area contributed by atoms with Gasteiger partial charge in [0.2, 0.25) is 0 Å². The molecule has 15 heavy (non-hydrogen) atoms. The highest BCUT2D eigenvalue weighted by atomic mass is 15.3. The number of unbranched alkanes of at least 4 members (excludes halogenated alkanes) is 1. The van der Waals surface area contributed by atoms with Gasteiger partial charge in [0, 0.05) is 6.42 Å². The van der Waals surface area contributed by atoms with Crippen molar-refractivity contribution in [2.45, 2.75) is 26.7 Å². The standard InChI is InChI=1S/C12H13N3/c1-3-4-5-6-11-9-13-12-8-7-10(2)14-15(11)12/h7-9H,3-4H2,1-2H3. The van der Waals surface area contributed by atoms with Gasteiger partial charge in [0.15, 0.2) is 5.65 Å². The van der Waals surface area contributed by atoms with Crippen molar-refractivity contribution in [3.8, 4) is 11.8 Å². The number of rotatable bonds is 1. The Hall–Kier alpha value is -1.82. The lowest BCUT2D eigenvalue weighted by atomic mass is 10.3. The van der Waals surface area contributed by atoms with Gasteiger partial charge in [-0.3, -0.25) is 0 Å². The molecule has 0 atom stereocenters. The van der Waals surface area contributed by atoms with Crippen molar-refractivity contribution < 1.29 is 0 Å². The van der Waals surface area contributed by atoms with Gasteiger partial charge >= 0.3 is 0 Å². The molecule has 0 unspecified atom stereocenters. The lowest BCUT2D eigenvalue weighted by molar-refractivity contribution is 0.889. The molecule has 0 aliphatic rings. The summed E-state index contributed by atoms with van der Waals surface area (Å²) in [7, 11) is 0. The summed E-state index contributed by atoms with van der Waals surface area (Å²) in [6.45, 7) is 4.08. The summed E-state index contributed by atoms with van der Waals surface area (Å²) in [4.78, 5) is 4.24. The van der Waals surface area contributed by atoms with Gasteiger partial charge < -0.3 is 0 Å². The van der Waals surface area contributed by atoms with E-state index in [2.05, 4.69) is 28.8 Å². The molecule has 0 bridgehead atoms. The Kier molecular flexibility index (Phi) is 2.68. The van der Waals surface area contributed by atoms with Crippen LogP contribution < -0.4 is 0 Å². The van der Waals surface area contributed by atoms with Crippen LogP contribution in [0.4, 0.5) is 0 Å². The van der Waals surface area contributed by atoms with E-state index in [-0.39, 0.29) is 0 Å². The average Bonchev–Trinajstić information content (AvgIpc) is 2.62. The first-order valence-electron chi connectivity index (χ1n) is 5.11. The molecule has 0 fully saturated rings. The second-order valence-electron chi connectivity index (χ2n) is 3.44. The van der Waals surface area contributed by atoms with E-state index in [9.17, 15) is 0 Å². The number of nitrogens with zero attached hydrogens (tertiary/aromatic N) is 3. The first-order valence-corrected chi connectivity index (χ1v) is 5.11. The van der Waals surface area contributed by atoms with Crippen molar-refractivity contribution >= 4 is 5.65 Å². The maximum absolute atomic E-state index is 4.37. The zero-order chi connectivity index (χ0) is 10.7. The summed E-state index contributed by atoms with van der Waals surface area (Å²) in [5.41, 5.74) is 2.68. The number of hydrogen-bond acceptors (Lipinski definition) is 2. The first kappa shape index (κ1) is 9.72. The zero-order valence-corrected chi connectivity index (χ0v) is 8.99. The molecule has 0 saturated heterocycles. The Morgan fingerprint density at radius 2 is 2.27 bits per heavy atom. The fraction of sp³-hybridized carbons (Fsp3) is 0.333. The van der Waals surface area contributed by atoms with E-state index in [4.69, 9.17) is 0 Å². The third kappa shape index (κ3) is 1.99. The monoisotopic (exact) mass is 199 g/mol. The number of aryl methyl sites for hydroxylation is 1. The van der Waals surface area contributed by atoms with Crippen LogP contribution in [0, 0.1) is 18.8 Å². The molecule has 0 N–H and O–H groups in total. The molecule has 2 heterocycles. The van der Waals surface area contributed by atoms with E-state index in [1.165, 1.54) is 0 Å². The van der Waals surface area contributed by atoms with Crippen molar-refractivity contribution in [1.82, 2.24) is 14.6 Å². The lowest BCUT2D eigenvalue weighted by Crippen LogP contribution is -1.95. The van der Waals surface area contributed by atoms with Crippen LogP contribution in [0.1, 0.15) is 31.2 Å². The molecule has 2 aromatic rings. The van der Waals surface area contributed by atoms with E-state index in [0.717, 1.165) is 29.9 Å². The predicted molar refractivity (Wildman–Crippen MR) is 59.5 cm³/mol. The minimum absolute atomic E-state index is 0.849. The van der Waals surface area contributed by atoms with Gasteiger partial charge in [-0.1, -0.05) is 12.8 Å². The zero-order valence-electron chi connectivity index (χ0n) is 8.99. The summed E-state index contributed by atoms with van der Waals surface area (Å²) < 4.78 is 1.79. The number of imidazole rings is 1. The van der Waals surface area contributed by atoms with Crippen molar-refractivity contribution in [3.05, 3.63) is 29.7 Å². The minimum atomic E-state index is 0.849. The second-order valence-corrected chi connectivity index (χ2v) is 3.44. The quantitative estimate of drug-likeness (QED) is 0.659. The lowest BCUT2D eigenvalue weighted by Gasteiger charge is -1.95. The average molecular weight is 199 g/mol. The van der Waals surface area contributed by atoms with E-state index in [1.807, 2.05) is 19.1 Å². The van der Waals surface area contributed by atoms with Crippen molar-refractivity contribution in [1.29, 1.82) is 0 Å². The van der Waals surface area contributed by atoms with Crippen LogP contribution in [0.3, 0.4) is 0 Å². The molecule has 0 spiro atoms. The minimum Gasteiger partial charge on any atom is -0.234 e. The molecular formula is C12H13N3. The van der Waals surface area contributed by atoms with Crippen molar-refractivity contribution in [2.75, 3.05) is 0 Å². The molecule has 3 nitrogen and oxygen atoms in total. The van der Waals surface area contributed by atoms with E-state index in [1.54, 1.807) is 10.7 Å². The van der Waals surface area contributed by atoms with Gasteiger partial charge in [-0.05, 0) is 31.4 Å². The fourth-order valence-electron chi connectivity index (χ4n) is 1.33. The Morgan fingerprint density at radius 3 is 3.07 bits per heavy atom. The van der Waals surface area contributed by atoms with Crippen LogP contribution >= 0.6 is 0 Å². The Labute approximate surface area is 89.1 Å².